The molecule has 3 aliphatic heterocycles. The Kier molecular flexibility index (Phi) is 23.5. The van der Waals surface area contributed by atoms with Crippen LogP contribution < -0.4 is 5.32 Å². The molecular formula is C43H86N4O7. The lowest BCUT2D eigenvalue weighted by Gasteiger charge is -2.55. The summed E-state index contributed by atoms with van der Waals surface area (Å²) >= 11 is 0. The van der Waals surface area contributed by atoms with Crippen LogP contribution in [0.1, 0.15) is 129 Å². The number of likely N-dealkylation sites (N-methyl/N-ethyl adjacent to an activating group) is 2. The van der Waals surface area contributed by atoms with Crippen LogP contribution in [0.2, 0.25) is 0 Å². The molecule has 0 aliphatic carbocycles. The number of aliphatic hydroxyl groups excluding tert-OH is 1. The topological polar surface area (TPSA) is 121 Å². The number of likely N-dealkylation sites (tertiary alicyclic amines) is 1. The van der Waals surface area contributed by atoms with E-state index in [4.69, 9.17) is 14.2 Å². The van der Waals surface area contributed by atoms with E-state index in [0.29, 0.717) is 38.4 Å². The highest BCUT2D eigenvalue weighted by molar-refractivity contribution is 6.03. The van der Waals surface area contributed by atoms with Gasteiger partial charge in [-0.15, -0.1) is 0 Å². The number of hydrogen-bond acceptors (Lipinski definition) is 10. The van der Waals surface area contributed by atoms with Crippen LogP contribution in [-0.4, -0.2) is 141 Å². The van der Waals surface area contributed by atoms with E-state index in [0.717, 1.165) is 25.9 Å². The Morgan fingerprint density at radius 2 is 1.57 bits per heavy atom. The molecule has 11 nitrogen and oxygen atoms in total. The lowest BCUT2D eigenvalue weighted by molar-refractivity contribution is -0.239. The Morgan fingerprint density at radius 3 is 2.07 bits per heavy atom. The quantitative estimate of drug-likeness (QED) is 0.215. The highest BCUT2D eigenvalue weighted by atomic mass is 16.5. The number of carbonyl (C=O) groups is 3. The zero-order valence-electron chi connectivity index (χ0n) is 38.1. The van der Waals surface area contributed by atoms with E-state index in [1.54, 1.807) is 21.0 Å². The number of aliphatic hydroxyl groups is 1. The average molecular weight is 771 g/mol. The smallest absolute Gasteiger partial charge is 0.319 e. The van der Waals surface area contributed by atoms with Crippen molar-refractivity contribution in [1.82, 2.24) is 20.0 Å². The number of hydrogen-bond donors (Lipinski definition) is 2. The summed E-state index contributed by atoms with van der Waals surface area (Å²) in [7, 11) is 7.67. The predicted molar refractivity (Wildman–Crippen MR) is 222 cm³/mol. The molecule has 54 heavy (non-hydrogen) atoms. The molecule has 11 heteroatoms. The van der Waals surface area contributed by atoms with E-state index in [9.17, 15) is 19.5 Å². The minimum atomic E-state index is -1.41. The second-order valence-electron chi connectivity index (χ2n) is 16.9. The van der Waals surface area contributed by atoms with Gasteiger partial charge in [-0.2, -0.15) is 0 Å². The highest BCUT2D eigenvalue weighted by Crippen LogP contribution is 2.50. The number of nitrogens with one attached hydrogen (secondary N) is 1. The van der Waals surface area contributed by atoms with Crippen LogP contribution >= 0.6 is 0 Å². The van der Waals surface area contributed by atoms with Crippen LogP contribution in [-0.2, 0) is 28.6 Å². The maximum absolute atomic E-state index is 14.3. The third-order valence-electron chi connectivity index (χ3n) is 11.9. The summed E-state index contributed by atoms with van der Waals surface area (Å²) in [5, 5.41) is 15.1. The molecule has 7 unspecified atom stereocenters. The summed E-state index contributed by atoms with van der Waals surface area (Å²) in [5.41, 5.74) is -3.26. The molecule has 0 bridgehead atoms. The number of ketones is 1. The molecule has 0 aromatic carbocycles. The molecule has 3 rings (SSSR count). The molecule has 3 fully saturated rings. The molecule has 0 aromatic heterocycles. The van der Waals surface area contributed by atoms with Gasteiger partial charge < -0.3 is 34.4 Å². The molecule has 3 heterocycles. The normalized spacial score (nSPS) is 33.0. The molecule has 1 amide bonds. The summed E-state index contributed by atoms with van der Waals surface area (Å²) in [4.78, 5) is 47.2. The Balaban J connectivity index is 0.00000445. The van der Waals surface area contributed by atoms with Crippen LogP contribution in [0.25, 0.3) is 0 Å². The Hall–Kier alpha value is -1.63. The van der Waals surface area contributed by atoms with Gasteiger partial charge >= 0.3 is 5.97 Å². The average Bonchev–Trinajstić information content (AvgIpc) is 3.14. The van der Waals surface area contributed by atoms with Gasteiger partial charge in [0.15, 0.2) is 0 Å². The van der Waals surface area contributed by atoms with Crippen molar-refractivity contribution in [3.8, 4) is 0 Å². The van der Waals surface area contributed by atoms with Gasteiger partial charge in [0, 0.05) is 50.7 Å². The molecule has 0 aromatic rings. The van der Waals surface area contributed by atoms with Crippen molar-refractivity contribution in [2.45, 2.75) is 165 Å². The van der Waals surface area contributed by atoms with Gasteiger partial charge in [0.1, 0.15) is 17.8 Å². The van der Waals surface area contributed by atoms with E-state index >= 15 is 0 Å². The standard InChI is InChI=1S/C37H68N4O7.3C2H6/c1-24(2)20-38-21-31(43)41-15-13-27(14-16-41)29-23-47-34(45)35(5,6)30(42)19-36(7,37(8,46-12)18-25(3)22-40(29)11)33-32(44)28(39(9)10)17-26(4)48-33;3*1-2/h24-29,32-33,38,44H,13-23H2,1-12H3;3*1-2H3/t25?,26?,28?,29?,32-,33?,36?,37?;;;/m1.../s1. The van der Waals surface area contributed by atoms with Crippen molar-refractivity contribution in [3.63, 3.8) is 0 Å². The SMILES string of the molecule is CC.CC.CC.COC1(C)CC(C)CN(C)C(C2CCN(C(=O)CNCC(C)C)CC2)COC(=O)C(C)(C)C(=O)CC1(C)C1OC(C)CC(N(C)C)[C@H]1O. The lowest BCUT2D eigenvalue weighted by Crippen LogP contribution is -2.65. The second-order valence-corrected chi connectivity index (χ2v) is 16.9. The van der Waals surface area contributed by atoms with Gasteiger partial charge in [-0.1, -0.05) is 69.2 Å². The van der Waals surface area contributed by atoms with Crippen molar-refractivity contribution in [2.75, 3.05) is 67.6 Å². The minimum absolute atomic E-state index is 0.0153. The Labute approximate surface area is 332 Å². The highest BCUT2D eigenvalue weighted by Gasteiger charge is 2.59. The number of piperidine rings is 1. The van der Waals surface area contributed by atoms with Crippen LogP contribution in [0.4, 0.5) is 0 Å². The number of carbonyl (C=O) groups excluding carboxylic acids is 3. The summed E-state index contributed by atoms with van der Waals surface area (Å²) in [6, 6.07) is -0.221. The number of Topliss-reactive ketones (excluding diaryl/α,β-unsaturated/α-hetero) is 1. The maximum Gasteiger partial charge on any atom is 0.319 e. The van der Waals surface area contributed by atoms with E-state index in [-0.39, 0.29) is 54.7 Å². The minimum Gasteiger partial charge on any atom is -0.463 e. The molecule has 320 valence electrons. The number of nitrogens with zero attached hydrogens (tertiary/aromatic N) is 3. The summed E-state index contributed by atoms with van der Waals surface area (Å²) in [5.74, 6) is 0.157. The molecule has 3 saturated heterocycles. The number of rotatable bonds is 8. The molecule has 0 spiro atoms. The first-order valence-electron chi connectivity index (χ1n) is 21.2. The summed E-state index contributed by atoms with van der Waals surface area (Å²) in [6.45, 7) is 31.1. The maximum atomic E-state index is 14.3. The number of amides is 1. The zero-order valence-corrected chi connectivity index (χ0v) is 38.1. The van der Waals surface area contributed by atoms with Gasteiger partial charge in [0.2, 0.25) is 5.91 Å². The fourth-order valence-corrected chi connectivity index (χ4v) is 8.35. The fourth-order valence-electron chi connectivity index (χ4n) is 8.35. The summed E-state index contributed by atoms with van der Waals surface area (Å²) in [6.07, 6.45) is 1.20. The zero-order chi connectivity index (χ0) is 42.2. The first kappa shape index (κ1) is 52.4. The molecule has 0 radical (unpaired) electrons. The second kappa shape index (κ2) is 24.2. The van der Waals surface area contributed by atoms with E-state index < -0.39 is 34.6 Å². The van der Waals surface area contributed by atoms with Crippen molar-refractivity contribution in [3.05, 3.63) is 0 Å². The lowest BCUT2D eigenvalue weighted by atomic mass is 9.60. The van der Waals surface area contributed by atoms with Gasteiger partial charge in [-0.25, -0.2) is 0 Å². The molecule has 2 N–H and O–H groups in total. The Morgan fingerprint density at radius 1 is 1.02 bits per heavy atom. The summed E-state index contributed by atoms with van der Waals surface area (Å²) < 4.78 is 19.0. The largest absolute Gasteiger partial charge is 0.463 e. The third kappa shape index (κ3) is 13.5. The molecule has 8 atom stereocenters. The van der Waals surface area contributed by atoms with E-state index in [1.165, 1.54) is 0 Å². The van der Waals surface area contributed by atoms with Crippen molar-refractivity contribution < 1.29 is 33.7 Å². The number of esters is 1. The van der Waals surface area contributed by atoms with Crippen molar-refractivity contribution in [2.24, 2.45) is 28.6 Å². The van der Waals surface area contributed by atoms with Crippen LogP contribution in [0.5, 0.6) is 0 Å². The van der Waals surface area contributed by atoms with Gasteiger partial charge in [0.25, 0.3) is 0 Å². The number of ether oxygens (including phenoxy) is 3. The van der Waals surface area contributed by atoms with E-state index in [2.05, 4.69) is 38.0 Å². The first-order chi connectivity index (χ1) is 25.3. The first-order valence-corrected chi connectivity index (χ1v) is 21.2. The fraction of sp³-hybridized carbons (Fsp3) is 0.930. The van der Waals surface area contributed by atoms with Gasteiger partial charge in [-0.3, -0.25) is 19.3 Å². The molecular weight excluding hydrogens is 684 g/mol. The van der Waals surface area contributed by atoms with E-state index in [1.807, 2.05) is 86.2 Å². The number of methoxy groups -OCH3 is 1. The van der Waals surface area contributed by atoms with Gasteiger partial charge in [0.05, 0.1) is 30.5 Å². The Bertz CT molecular complexity index is 1100. The van der Waals surface area contributed by atoms with Crippen LogP contribution in [0.15, 0.2) is 0 Å². The van der Waals surface area contributed by atoms with Crippen molar-refractivity contribution >= 4 is 17.7 Å². The van der Waals surface area contributed by atoms with Gasteiger partial charge in [-0.05, 0) is 98.8 Å². The van der Waals surface area contributed by atoms with Crippen molar-refractivity contribution in [1.29, 1.82) is 0 Å². The van der Waals surface area contributed by atoms with Crippen LogP contribution in [0.3, 0.4) is 0 Å². The molecule has 0 saturated carbocycles. The molecule has 3 aliphatic rings. The predicted octanol–water partition coefficient (Wildman–Crippen LogP) is 6.30. The van der Waals surface area contributed by atoms with Crippen LogP contribution in [0, 0.1) is 28.6 Å². The number of cyclic esters (lactones) is 1. The monoisotopic (exact) mass is 771 g/mol. The third-order valence-corrected chi connectivity index (χ3v) is 11.9.